The maximum absolute atomic E-state index is 6.46. The lowest BCUT2D eigenvalue weighted by Crippen LogP contribution is -2.25. The van der Waals surface area contributed by atoms with Gasteiger partial charge < -0.3 is 10.6 Å². The number of aryl methyl sites for hydroxylation is 2. The summed E-state index contributed by atoms with van der Waals surface area (Å²) in [4.78, 5) is 2.31. The Balaban J connectivity index is 2.28. The molecule has 1 aromatic heterocycles. The van der Waals surface area contributed by atoms with Crippen molar-refractivity contribution in [2.24, 2.45) is 7.05 Å². The van der Waals surface area contributed by atoms with Crippen LogP contribution < -0.4 is 10.6 Å². The van der Waals surface area contributed by atoms with E-state index < -0.39 is 0 Å². The summed E-state index contributed by atoms with van der Waals surface area (Å²) in [5, 5.41) is 5.28. The highest BCUT2D eigenvalue weighted by Gasteiger charge is 2.16. The van der Waals surface area contributed by atoms with Gasteiger partial charge in [0.15, 0.2) is 0 Å². The average Bonchev–Trinajstić information content (AvgIpc) is 2.75. The van der Waals surface area contributed by atoms with Crippen molar-refractivity contribution in [3.63, 3.8) is 0 Å². The fourth-order valence-corrected chi connectivity index (χ4v) is 2.78. The zero-order valence-corrected chi connectivity index (χ0v) is 13.7. The summed E-state index contributed by atoms with van der Waals surface area (Å²) >= 11 is 6.46. The van der Waals surface area contributed by atoms with Crippen molar-refractivity contribution in [3.8, 4) is 0 Å². The molecule has 2 N–H and O–H groups in total. The van der Waals surface area contributed by atoms with Crippen LogP contribution in [0.5, 0.6) is 0 Å². The Morgan fingerprint density at radius 1 is 1.24 bits per heavy atom. The minimum atomic E-state index is 0.750. The van der Waals surface area contributed by atoms with E-state index in [0.29, 0.717) is 0 Å². The second kappa shape index (κ2) is 6.85. The van der Waals surface area contributed by atoms with E-state index in [1.165, 1.54) is 0 Å². The van der Waals surface area contributed by atoms with Crippen molar-refractivity contribution in [1.29, 1.82) is 0 Å². The van der Waals surface area contributed by atoms with Crippen LogP contribution in [0, 0.1) is 0 Å². The van der Waals surface area contributed by atoms with Crippen LogP contribution in [0.15, 0.2) is 24.3 Å². The Hall–Kier alpha value is -1.68. The van der Waals surface area contributed by atoms with Gasteiger partial charge in [-0.1, -0.05) is 25.4 Å². The summed E-state index contributed by atoms with van der Waals surface area (Å²) in [6.07, 6.45) is 1.92. The monoisotopic (exact) mass is 306 g/mol. The zero-order chi connectivity index (χ0) is 15.4. The van der Waals surface area contributed by atoms with Gasteiger partial charge in [0.05, 0.1) is 23.0 Å². The number of hydrogen-bond acceptors (Lipinski definition) is 3. The van der Waals surface area contributed by atoms with E-state index in [1.54, 1.807) is 0 Å². The number of nitrogens with two attached hydrogens (primary N) is 1. The lowest BCUT2D eigenvalue weighted by molar-refractivity contribution is 0.667. The number of anilines is 2. The third kappa shape index (κ3) is 3.50. The zero-order valence-electron chi connectivity index (χ0n) is 12.9. The molecule has 2 rings (SSSR count). The quantitative estimate of drug-likeness (QED) is 0.829. The van der Waals surface area contributed by atoms with Crippen LogP contribution in [-0.2, 0) is 20.0 Å². The summed E-state index contributed by atoms with van der Waals surface area (Å²) in [7, 11) is 1.95. The molecular formula is C16H23ClN4. The second-order valence-electron chi connectivity index (χ2n) is 5.20. The molecule has 2 aromatic rings. The smallest absolute Gasteiger partial charge is 0.0868 e. The van der Waals surface area contributed by atoms with Crippen molar-refractivity contribution in [2.75, 3.05) is 17.2 Å². The fraction of sp³-hybridized carbons (Fsp3) is 0.438. The van der Waals surface area contributed by atoms with Gasteiger partial charge in [-0.3, -0.25) is 4.68 Å². The summed E-state index contributed by atoms with van der Waals surface area (Å²) < 4.78 is 1.89. The van der Waals surface area contributed by atoms with Gasteiger partial charge in [0.2, 0.25) is 0 Å². The lowest BCUT2D eigenvalue weighted by Gasteiger charge is -2.24. The standard InChI is InChI=1S/C16H23ClN4/c1-4-10-21(13-8-6-12(18)7-9-13)11-15-16(17)14(5-2)19-20(15)3/h6-9H,4-5,10-11,18H2,1-3H3. The van der Waals surface area contributed by atoms with Crippen molar-refractivity contribution >= 4 is 23.0 Å². The SMILES string of the molecule is CCCN(Cc1c(Cl)c(CC)nn1C)c1ccc(N)cc1. The Labute approximate surface area is 131 Å². The summed E-state index contributed by atoms with van der Waals surface area (Å²) in [6.45, 7) is 5.96. The minimum Gasteiger partial charge on any atom is -0.399 e. The van der Waals surface area contributed by atoms with E-state index in [1.807, 2.05) is 23.9 Å². The molecule has 1 aromatic carbocycles. The predicted octanol–water partition coefficient (Wildman–Crippen LogP) is 3.63. The molecule has 114 valence electrons. The molecule has 0 bridgehead atoms. The molecule has 0 saturated heterocycles. The first-order valence-corrected chi connectivity index (χ1v) is 7.75. The van der Waals surface area contributed by atoms with E-state index in [0.717, 1.165) is 53.7 Å². The first kappa shape index (κ1) is 15.7. The Bertz CT molecular complexity index is 589. The third-order valence-corrected chi connectivity index (χ3v) is 4.03. The van der Waals surface area contributed by atoms with E-state index in [9.17, 15) is 0 Å². The van der Waals surface area contributed by atoms with Gasteiger partial charge in [-0.25, -0.2) is 0 Å². The number of halogens is 1. The number of aromatic nitrogens is 2. The number of nitrogen functional groups attached to an aromatic ring is 1. The van der Waals surface area contributed by atoms with Crippen LogP contribution in [0.1, 0.15) is 31.7 Å². The van der Waals surface area contributed by atoms with E-state index in [4.69, 9.17) is 17.3 Å². The first-order valence-electron chi connectivity index (χ1n) is 7.37. The molecule has 0 aliphatic carbocycles. The number of rotatable bonds is 6. The van der Waals surface area contributed by atoms with Gasteiger partial charge in [-0.05, 0) is 37.1 Å². The van der Waals surface area contributed by atoms with Crippen LogP contribution >= 0.6 is 11.6 Å². The second-order valence-corrected chi connectivity index (χ2v) is 5.58. The molecule has 0 radical (unpaired) electrons. The Morgan fingerprint density at radius 3 is 2.43 bits per heavy atom. The van der Waals surface area contributed by atoms with Crippen LogP contribution in [-0.4, -0.2) is 16.3 Å². The maximum atomic E-state index is 6.46. The van der Waals surface area contributed by atoms with Gasteiger partial charge in [0, 0.05) is 25.0 Å². The van der Waals surface area contributed by atoms with Gasteiger partial charge >= 0.3 is 0 Å². The van der Waals surface area contributed by atoms with E-state index in [2.05, 4.69) is 36.0 Å². The van der Waals surface area contributed by atoms with Crippen molar-refractivity contribution in [3.05, 3.63) is 40.7 Å². The van der Waals surface area contributed by atoms with Crippen LogP contribution in [0.3, 0.4) is 0 Å². The number of hydrogen-bond donors (Lipinski definition) is 1. The molecule has 0 amide bonds. The van der Waals surface area contributed by atoms with Gasteiger partial charge in [-0.15, -0.1) is 0 Å². The highest BCUT2D eigenvalue weighted by molar-refractivity contribution is 6.31. The first-order chi connectivity index (χ1) is 10.1. The van der Waals surface area contributed by atoms with Crippen molar-refractivity contribution in [1.82, 2.24) is 9.78 Å². The Morgan fingerprint density at radius 2 is 1.90 bits per heavy atom. The molecular weight excluding hydrogens is 284 g/mol. The lowest BCUT2D eigenvalue weighted by atomic mass is 10.2. The van der Waals surface area contributed by atoms with Crippen molar-refractivity contribution in [2.45, 2.75) is 33.2 Å². The van der Waals surface area contributed by atoms with Crippen molar-refractivity contribution < 1.29 is 0 Å². The molecule has 21 heavy (non-hydrogen) atoms. The minimum absolute atomic E-state index is 0.750. The number of nitrogens with zero attached hydrogens (tertiary/aromatic N) is 3. The maximum Gasteiger partial charge on any atom is 0.0868 e. The fourth-order valence-electron chi connectivity index (χ4n) is 2.43. The molecule has 0 aliphatic rings. The number of benzene rings is 1. The molecule has 1 heterocycles. The summed E-state index contributed by atoms with van der Waals surface area (Å²) in [6, 6.07) is 7.96. The normalized spacial score (nSPS) is 10.9. The van der Waals surface area contributed by atoms with Crippen LogP contribution in [0.25, 0.3) is 0 Å². The molecule has 0 fully saturated rings. The molecule has 0 spiro atoms. The average molecular weight is 307 g/mol. The molecule has 0 saturated carbocycles. The summed E-state index contributed by atoms with van der Waals surface area (Å²) in [5.41, 5.74) is 9.72. The van der Waals surface area contributed by atoms with Gasteiger partial charge in [-0.2, -0.15) is 5.10 Å². The highest BCUT2D eigenvalue weighted by atomic mass is 35.5. The Kier molecular flexibility index (Phi) is 5.12. The molecule has 0 aliphatic heterocycles. The summed E-state index contributed by atoms with van der Waals surface area (Å²) in [5.74, 6) is 0. The topological polar surface area (TPSA) is 47.1 Å². The highest BCUT2D eigenvalue weighted by Crippen LogP contribution is 2.25. The van der Waals surface area contributed by atoms with E-state index >= 15 is 0 Å². The molecule has 5 heteroatoms. The van der Waals surface area contributed by atoms with Crippen LogP contribution in [0.2, 0.25) is 5.02 Å². The largest absolute Gasteiger partial charge is 0.399 e. The van der Waals surface area contributed by atoms with E-state index in [-0.39, 0.29) is 0 Å². The molecule has 0 atom stereocenters. The van der Waals surface area contributed by atoms with Gasteiger partial charge in [0.25, 0.3) is 0 Å². The molecule has 0 unspecified atom stereocenters. The molecule has 4 nitrogen and oxygen atoms in total. The van der Waals surface area contributed by atoms with Crippen LogP contribution in [0.4, 0.5) is 11.4 Å². The predicted molar refractivity (Wildman–Crippen MR) is 89.8 cm³/mol. The van der Waals surface area contributed by atoms with Gasteiger partial charge in [0.1, 0.15) is 0 Å². The third-order valence-electron chi connectivity index (χ3n) is 3.60.